The van der Waals surface area contributed by atoms with Crippen molar-refractivity contribution in [2.45, 2.75) is 59.8 Å². The molecule has 0 aromatic carbocycles. The van der Waals surface area contributed by atoms with Crippen LogP contribution in [-0.2, 0) is 0 Å². The van der Waals surface area contributed by atoms with Crippen LogP contribution in [0.25, 0.3) is 0 Å². The standard InChI is InChI=1S/C11H23/c1-5-8-10(4)11(7-3)9-6-2/h10H,5-9H2,1-4H3. The molecule has 0 heteroatoms. The first-order chi connectivity index (χ1) is 5.26. The molecule has 67 valence electrons. The van der Waals surface area contributed by atoms with E-state index in [4.69, 9.17) is 0 Å². The molecule has 0 aliphatic rings. The summed E-state index contributed by atoms with van der Waals surface area (Å²) >= 11 is 0. The van der Waals surface area contributed by atoms with E-state index in [0.29, 0.717) is 0 Å². The van der Waals surface area contributed by atoms with Crippen molar-refractivity contribution in [3.05, 3.63) is 5.92 Å². The molecule has 0 nitrogen and oxygen atoms in total. The molecule has 0 saturated carbocycles. The molecule has 0 rings (SSSR count). The van der Waals surface area contributed by atoms with Gasteiger partial charge in [-0.05, 0) is 24.7 Å². The quantitative estimate of drug-likeness (QED) is 0.539. The summed E-state index contributed by atoms with van der Waals surface area (Å²) in [6.07, 6.45) is 6.65. The van der Waals surface area contributed by atoms with Gasteiger partial charge in [0.2, 0.25) is 0 Å². The van der Waals surface area contributed by atoms with Crippen molar-refractivity contribution in [3.63, 3.8) is 0 Å². The Morgan fingerprint density at radius 2 is 1.73 bits per heavy atom. The van der Waals surface area contributed by atoms with Crippen LogP contribution in [0.1, 0.15) is 59.8 Å². The summed E-state index contributed by atoms with van der Waals surface area (Å²) in [6, 6.07) is 0. The highest BCUT2D eigenvalue weighted by Gasteiger charge is 2.13. The van der Waals surface area contributed by atoms with Gasteiger partial charge in [0.25, 0.3) is 0 Å². The normalized spacial score (nSPS) is 13.9. The Bertz CT molecular complexity index is 76.1. The van der Waals surface area contributed by atoms with Gasteiger partial charge in [0.05, 0.1) is 0 Å². The van der Waals surface area contributed by atoms with Crippen LogP contribution >= 0.6 is 0 Å². The molecule has 1 atom stereocenters. The van der Waals surface area contributed by atoms with Gasteiger partial charge in [-0.15, -0.1) is 0 Å². The van der Waals surface area contributed by atoms with Crippen molar-refractivity contribution >= 4 is 0 Å². The molecule has 0 heterocycles. The van der Waals surface area contributed by atoms with Crippen LogP contribution in [0, 0.1) is 11.8 Å². The monoisotopic (exact) mass is 155 g/mol. The first-order valence-corrected chi connectivity index (χ1v) is 5.10. The SMILES string of the molecule is CCC[C](CC)C(C)CCC. The Balaban J connectivity index is 3.61. The lowest BCUT2D eigenvalue weighted by Crippen LogP contribution is -2.07. The third-order valence-corrected chi connectivity index (χ3v) is 2.44. The summed E-state index contributed by atoms with van der Waals surface area (Å²) in [5, 5.41) is 0. The lowest BCUT2D eigenvalue weighted by Gasteiger charge is -2.20. The fourth-order valence-electron chi connectivity index (χ4n) is 1.73. The van der Waals surface area contributed by atoms with Crippen molar-refractivity contribution in [1.29, 1.82) is 0 Å². The highest BCUT2D eigenvalue weighted by atomic mass is 14.2. The van der Waals surface area contributed by atoms with Crippen LogP contribution in [0.4, 0.5) is 0 Å². The Labute approximate surface area is 72.4 Å². The highest BCUT2D eigenvalue weighted by Crippen LogP contribution is 2.26. The number of hydrogen-bond donors (Lipinski definition) is 0. The minimum Gasteiger partial charge on any atom is -0.0654 e. The third kappa shape index (κ3) is 4.44. The zero-order valence-corrected chi connectivity index (χ0v) is 8.61. The van der Waals surface area contributed by atoms with E-state index in [0.717, 1.165) is 5.92 Å². The topological polar surface area (TPSA) is 0 Å². The van der Waals surface area contributed by atoms with Gasteiger partial charge >= 0.3 is 0 Å². The molecule has 1 radical (unpaired) electrons. The minimum atomic E-state index is 0.866. The van der Waals surface area contributed by atoms with Gasteiger partial charge in [-0.1, -0.05) is 47.0 Å². The maximum Gasteiger partial charge on any atom is -0.0216 e. The van der Waals surface area contributed by atoms with Gasteiger partial charge in [-0.25, -0.2) is 0 Å². The van der Waals surface area contributed by atoms with E-state index >= 15 is 0 Å². The molecule has 0 aromatic rings. The highest BCUT2D eigenvalue weighted by molar-refractivity contribution is 4.92. The Morgan fingerprint density at radius 1 is 1.09 bits per heavy atom. The Kier molecular flexibility index (Phi) is 6.69. The largest absolute Gasteiger partial charge is 0.0654 e. The molecule has 0 saturated heterocycles. The van der Waals surface area contributed by atoms with Crippen LogP contribution in [0.3, 0.4) is 0 Å². The van der Waals surface area contributed by atoms with Crippen LogP contribution in [0.2, 0.25) is 0 Å². The Morgan fingerprint density at radius 3 is 2.09 bits per heavy atom. The fourth-order valence-corrected chi connectivity index (χ4v) is 1.73. The van der Waals surface area contributed by atoms with E-state index in [2.05, 4.69) is 27.7 Å². The van der Waals surface area contributed by atoms with Gasteiger partial charge < -0.3 is 0 Å². The van der Waals surface area contributed by atoms with Gasteiger partial charge in [-0.2, -0.15) is 0 Å². The molecule has 0 aliphatic carbocycles. The van der Waals surface area contributed by atoms with Crippen LogP contribution < -0.4 is 0 Å². The average Bonchev–Trinajstić information content (AvgIpc) is 2.00. The van der Waals surface area contributed by atoms with Crippen molar-refractivity contribution in [2.75, 3.05) is 0 Å². The predicted octanol–water partition coefficient (Wildman–Crippen LogP) is 4.21. The summed E-state index contributed by atoms with van der Waals surface area (Å²) in [4.78, 5) is 0. The van der Waals surface area contributed by atoms with Crippen molar-refractivity contribution < 1.29 is 0 Å². The first-order valence-electron chi connectivity index (χ1n) is 5.10. The van der Waals surface area contributed by atoms with Gasteiger partial charge in [0.15, 0.2) is 0 Å². The van der Waals surface area contributed by atoms with Crippen LogP contribution in [0.15, 0.2) is 0 Å². The van der Waals surface area contributed by atoms with E-state index in [1.165, 1.54) is 32.1 Å². The molecule has 0 spiro atoms. The van der Waals surface area contributed by atoms with Crippen LogP contribution in [-0.4, -0.2) is 0 Å². The van der Waals surface area contributed by atoms with Gasteiger partial charge in [-0.3, -0.25) is 0 Å². The lowest BCUT2D eigenvalue weighted by atomic mass is 9.85. The van der Waals surface area contributed by atoms with Crippen molar-refractivity contribution in [2.24, 2.45) is 5.92 Å². The summed E-state index contributed by atoms with van der Waals surface area (Å²) in [6.45, 7) is 9.21. The molecule has 0 amide bonds. The minimum absolute atomic E-state index is 0.866. The summed E-state index contributed by atoms with van der Waals surface area (Å²) in [5.74, 6) is 2.64. The van der Waals surface area contributed by atoms with E-state index in [1.54, 1.807) is 5.92 Å². The second kappa shape index (κ2) is 6.69. The number of hydrogen-bond acceptors (Lipinski definition) is 0. The number of rotatable bonds is 6. The summed E-state index contributed by atoms with van der Waals surface area (Å²) < 4.78 is 0. The fraction of sp³-hybridized carbons (Fsp3) is 0.909. The zero-order chi connectivity index (χ0) is 8.69. The molecular formula is C11H23. The average molecular weight is 155 g/mol. The molecular weight excluding hydrogens is 132 g/mol. The van der Waals surface area contributed by atoms with E-state index in [9.17, 15) is 0 Å². The van der Waals surface area contributed by atoms with Crippen LogP contribution in [0.5, 0.6) is 0 Å². The van der Waals surface area contributed by atoms with Gasteiger partial charge in [0.1, 0.15) is 0 Å². The maximum absolute atomic E-state index is 2.37. The van der Waals surface area contributed by atoms with Crippen molar-refractivity contribution in [1.82, 2.24) is 0 Å². The van der Waals surface area contributed by atoms with Crippen molar-refractivity contribution in [3.8, 4) is 0 Å². The Hall–Kier alpha value is 0. The molecule has 11 heavy (non-hydrogen) atoms. The van der Waals surface area contributed by atoms with E-state index < -0.39 is 0 Å². The second-order valence-corrected chi connectivity index (χ2v) is 3.45. The molecule has 0 bridgehead atoms. The second-order valence-electron chi connectivity index (χ2n) is 3.45. The summed E-state index contributed by atoms with van der Waals surface area (Å²) in [5.41, 5.74) is 0. The molecule has 0 N–H and O–H groups in total. The summed E-state index contributed by atoms with van der Waals surface area (Å²) in [7, 11) is 0. The van der Waals surface area contributed by atoms with E-state index in [1.807, 2.05) is 0 Å². The van der Waals surface area contributed by atoms with Gasteiger partial charge in [0, 0.05) is 0 Å². The molecule has 1 unspecified atom stereocenters. The smallest absolute Gasteiger partial charge is 0.0216 e. The maximum atomic E-state index is 2.37. The van der Waals surface area contributed by atoms with E-state index in [-0.39, 0.29) is 0 Å². The third-order valence-electron chi connectivity index (χ3n) is 2.44. The zero-order valence-electron chi connectivity index (χ0n) is 8.61. The lowest BCUT2D eigenvalue weighted by molar-refractivity contribution is 0.482. The predicted molar refractivity (Wildman–Crippen MR) is 52.5 cm³/mol. The molecule has 0 aliphatic heterocycles. The first kappa shape index (κ1) is 11.0. The molecule has 0 fully saturated rings. The molecule has 0 aromatic heterocycles.